The van der Waals surface area contributed by atoms with Crippen LogP contribution >= 0.6 is 11.8 Å². The van der Waals surface area contributed by atoms with Gasteiger partial charge in [0, 0.05) is 28.3 Å². The first-order valence-corrected chi connectivity index (χ1v) is 9.24. The Morgan fingerprint density at radius 1 is 1.24 bits per heavy atom. The summed E-state index contributed by atoms with van der Waals surface area (Å²) in [6.45, 7) is 6.04. The maximum Gasteiger partial charge on any atom is 0.321 e. The quantitative estimate of drug-likeness (QED) is 0.491. The molecule has 1 aliphatic rings. The van der Waals surface area contributed by atoms with Gasteiger partial charge in [-0.25, -0.2) is 0 Å². The molecular formula is C21H27NO2S. The van der Waals surface area contributed by atoms with Gasteiger partial charge in [0.25, 0.3) is 0 Å². The summed E-state index contributed by atoms with van der Waals surface area (Å²) in [6.07, 6.45) is 4.46. The van der Waals surface area contributed by atoms with E-state index in [1.807, 2.05) is 39.1 Å². The summed E-state index contributed by atoms with van der Waals surface area (Å²) in [5.41, 5.74) is 3.38. The van der Waals surface area contributed by atoms with E-state index in [0.717, 1.165) is 16.0 Å². The molecule has 1 aromatic carbocycles. The van der Waals surface area contributed by atoms with Gasteiger partial charge in [-0.2, -0.15) is 0 Å². The van der Waals surface area contributed by atoms with Crippen molar-refractivity contribution in [1.82, 2.24) is 4.98 Å². The third-order valence-corrected chi connectivity index (χ3v) is 5.37. The molecule has 0 aliphatic heterocycles. The lowest BCUT2D eigenvalue weighted by Gasteiger charge is -2.23. The number of hydrogen-bond donors (Lipinski definition) is 0. The van der Waals surface area contributed by atoms with Gasteiger partial charge in [0.2, 0.25) is 0 Å². The van der Waals surface area contributed by atoms with Crippen LogP contribution in [0.4, 0.5) is 0 Å². The number of pyridine rings is 1. The average Bonchev–Trinajstić information content (AvgIpc) is 3.40. The highest BCUT2D eigenvalue weighted by molar-refractivity contribution is 8.01. The minimum Gasteiger partial charge on any atom is -0.465 e. The van der Waals surface area contributed by atoms with Crippen molar-refractivity contribution in [3.05, 3.63) is 48.3 Å². The molecule has 1 saturated carbocycles. The van der Waals surface area contributed by atoms with Crippen molar-refractivity contribution in [2.24, 2.45) is 0 Å². The van der Waals surface area contributed by atoms with Crippen molar-refractivity contribution >= 4 is 17.7 Å². The predicted octanol–water partition coefficient (Wildman–Crippen LogP) is 5.70. The molecule has 134 valence electrons. The van der Waals surface area contributed by atoms with Crippen molar-refractivity contribution in [3.8, 4) is 11.1 Å². The fourth-order valence-corrected chi connectivity index (χ4v) is 3.74. The Bertz CT molecular complexity index is 721. The first kappa shape index (κ1) is 19.5. The molecule has 4 heteroatoms. The van der Waals surface area contributed by atoms with Crippen LogP contribution in [0.1, 0.15) is 52.7 Å². The van der Waals surface area contributed by atoms with E-state index < -0.39 is 4.75 Å². The predicted molar refractivity (Wildman–Crippen MR) is 105 cm³/mol. The smallest absolute Gasteiger partial charge is 0.321 e. The highest BCUT2D eigenvalue weighted by Gasteiger charge is 2.31. The van der Waals surface area contributed by atoms with E-state index in [1.165, 1.54) is 30.3 Å². The molecule has 3 nitrogen and oxygen atoms in total. The van der Waals surface area contributed by atoms with Crippen LogP contribution in [0, 0.1) is 0 Å². The van der Waals surface area contributed by atoms with Crippen molar-refractivity contribution in [1.29, 1.82) is 0 Å². The van der Waals surface area contributed by atoms with Gasteiger partial charge >= 0.3 is 5.97 Å². The number of carbonyl (C=O) groups is 1. The summed E-state index contributed by atoms with van der Waals surface area (Å²) < 4.78 is 4.57. The minimum atomic E-state index is -0.631. The number of esters is 1. The van der Waals surface area contributed by atoms with Crippen molar-refractivity contribution in [2.45, 2.75) is 56.6 Å². The fraction of sp³-hybridized carbons (Fsp3) is 0.429. The average molecular weight is 358 g/mol. The van der Waals surface area contributed by atoms with E-state index in [4.69, 9.17) is 4.74 Å². The number of hydrogen-bond acceptors (Lipinski definition) is 4. The lowest BCUT2D eigenvalue weighted by Crippen LogP contribution is -2.30. The number of ether oxygens (including phenoxy) is 1. The zero-order valence-corrected chi connectivity index (χ0v) is 15.2. The van der Waals surface area contributed by atoms with Gasteiger partial charge in [-0.05, 0) is 51.3 Å². The Morgan fingerprint density at radius 2 is 1.96 bits per heavy atom. The minimum absolute atomic E-state index is 0. The number of rotatable bonds is 6. The first-order valence-electron chi connectivity index (χ1n) is 8.43. The lowest BCUT2D eigenvalue weighted by molar-refractivity contribution is -0.145. The van der Waals surface area contributed by atoms with Gasteiger partial charge in [-0.3, -0.25) is 9.78 Å². The highest BCUT2D eigenvalue weighted by Crippen LogP contribution is 2.41. The summed E-state index contributed by atoms with van der Waals surface area (Å²) in [7, 11) is 0. The third-order valence-electron chi connectivity index (χ3n) is 4.11. The molecule has 2 aromatic rings. The molecule has 25 heavy (non-hydrogen) atoms. The van der Waals surface area contributed by atoms with Crippen LogP contribution in [0.2, 0.25) is 0 Å². The summed E-state index contributed by atoms with van der Waals surface area (Å²) in [4.78, 5) is 17.9. The summed E-state index contributed by atoms with van der Waals surface area (Å²) in [5.74, 6) is 0.471. The molecule has 1 fully saturated rings. The van der Waals surface area contributed by atoms with Gasteiger partial charge in [-0.15, -0.1) is 11.8 Å². The van der Waals surface area contributed by atoms with Crippen LogP contribution in [0.5, 0.6) is 0 Å². The van der Waals surface area contributed by atoms with Gasteiger partial charge in [0.15, 0.2) is 0 Å². The van der Waals surface area contributed by atoms with E-state index in [2.05, 4.69) is 29.2 Å². The largest absolute Gasteiger partial charge is 0.465 e. The van der Waals surface area contributed by atoms with Crippen LogP contribution < -0.4 is 0 Å². The maximum atomic E-state index is 12.2. The number of nitrogens with zero attached hydrogens (tertiary/aromatic N) is 1. The zero-order valence-electron chi connectivity index (χ0n) is 14.4. The van der Waals surface area contributed by atoms with Gasteiger partial charge in [0.05, 0.1) is 6.61 Å². The van der Waals surface area contributed by atoms with Crippen molar-refractivity contribution in [2.75, 3.05) is 6.61 Å². The standard InChI is InChI=1S/C20H23NO2S.CH4/c1-4-23-19(22)20(2,3)24-18-8-6-5-7-16(18)15-11-12-17(21-13-15)14-9-10-14;/h5-8,11-14H,4,9-10H2,1-3H3;1H4. The summed E-state index contributed by atoms with van der Waals surface area (Å²) in [6, 6.07) is 12.4. The first-order chi connectivity index (χ1) is 11.5. The van der Waals surface area contributed by atoms with Crippen molar-refractivity contribution < 1.29 is 9.53 Å². The molecule has 0 N–H and O–H groups in total. The van der Waals surface area contributed by atoms with Gasteiger partial charge < -0.3 is 4.74 Å². The van der Waals surface area contributed by atoms with Gasteiger partial charge in [-0.1, -0.05) is 31.7 Å². The maximum absolute atomic E-state index is 12.2. The highest BCUT2D eigenvalue weighted by atomic mass is 32.2. The van der Waals surface area contributed by atoms with Crippen LogP contribution in [0.25, 0.3) is 11.1 Å². The molecule has 0 radical (unpaired) electrons. The summed E-state index contributed by atoms with van der Waals surface area (Å²) in [5, 5.41) is 0. The number of aromatic nitrogens is 1. The van der Waals surface area contributed by atoms with E-state index in [1.54, 1.807) is 0 Å². The Kier molecular flexibility index (Phi) is 6.28. The Labute approximate surface area is 155 Å². The van der Waals surface area contributed by atoms with Crippen LogP contribution in [-0.2, 0) is 9.53 Å². The molecule has 1 aromatic heterocycles. The van der Waals surface area contributed by atoms with E-state index in [0.29, 0.717) is 12.5 Å². The molecule has 0 spiro atoms. The fourth-order valence-electron chi connectivity index (χ4n) is 2.60. The van der Waals surface area contributed by atoms with E-state index >= 15 is 0 Å². The van der Waals surface area contributed by atoms with Crippen molar-refractivity contribution in [3.63, 3.8) is 0 Å². The monoisotopic (exact) mass is 357 g/mol. The zero-order chi connectivity index (χ0) is 17.2. The second kappa shape index (κ2) is 8.05. The van der Waals surface area contributed by atoms with Crippen LogP contribution in [0.3, 0.4) is 0 Å². The molecule has 0 saturated heterocycles. The summed E-state index contributed by atoms with van der Waals surface area (Å²) >= 11 is 1.54. The van der Waals surface area contributed by atoms with Gasteiger partial charge in [0.1, 0.15) is 4.75 Å². The third kappa shape index (κ3) is 4.63. The Hall–Kier alpha value is -1.81. The number of carbonyl (C=O) groups excluding carboxylic acids is 1. The number of thioether (sulfide) groups is 1. The van der Waals surface area contributed by atoms with E-state index in [9.17, 15) is 4.79 Å². The second-order valence-corrected chi connectivity index (χ2v) is 8.24. The van der Waals surface area contributed by atoms with Crippen LogP contribution in [0.15, 0.2) is 47.5 Å². The Morgan fingerprint density at radius 3 is 2.56 bits per heavy atom. The van der Waals surface area contributed by atoms with E-state index in [-0.39, 0.29) is 13.4 Å². The second-order valence-electron chi connectivity index (χ2n) is 6.58. The molecule has 0 atom stereocenters. The number of benzene rings is 1. The molecule has 1 aliphatic carbocycles. The molecule has 1 heterocycles. The molecule has 0 amide bonds. The molecule has 0 bridgehead atoms. The molecule has 3 rings (SSSR count). The Balaban J connectivity index is 0.00000225. The SMILES string of the molecule is C.CCOC(=O)C(C)(C)Sc1ccccc1-c1ccc(C2CC2)nc1. The molecular weight excluding hydrogens is 330 g/mol. The lowest BCUT2D eigenvalue weighted by atomic mass is 10.1. The van der Waals surface area contributed by atoms with Crippen LogP contribution in [-0.4, -0.2) is 22.3 Å². The molecule has 0 unspecified atom stereocenters. The topological polar surface area (TPSA) is 39.2 Å². The normalized spacial score (nSPS) is 13.9.